The third kappa shape index (κ3) is 3.22. The van der Waals surface area contributed by atoms with Crippen LogP contribution in [0.15, 0.2) is 18.2 Å². The van der Waals surface area contributed by atoms with Gasteiger partial charge in [-0.25, -0.2) is 0 Å². The molecule has 0 spiro atoms. The molecule has 1 aromatic rings. The van der Waals surface area contributed by atoms with E-state index in [1.54, 1.807) is 12.1 Å². The molecule has 2 rings (SSSR count). The predicted molar refractivity (Wildman–Crippen MR) is 73.3 cm³/mol. The summed E-state index contributed by atoms with van der Waals surface area (Å²) < 4.78 is 29.0. The topological polar surface area (TPSA) is 32.7 Å². The number of alkyl halides is 2. The summed E-state index contributed by atoms with van der Waals surface area (Å²) in [4.78, 5) is 2.22. The molecule has 0 saturated carbocycles. The van der Waals surface area contributed by atoms with Crippen molar-refractivity contribution in [1.82, 2.24) is 4.90 Å². The van der Waals surface area contributed by atoms with Crippen molar-refractivity contribution in [2.45, 2.75) is 32.0 Å². The Morgan fingerprint density at radius 1 is 1.40 bits per heavy atom. The average molecular weight is 306 g/mol. The molecule has 0 radical (unpaired) electrons. The zero-order valence-corrected chi connectivity index (χ0v) is 12.0. The molecular weight excluding hydrogens is 288 g/mol. The van der Waals surface area contributed by atoms with Crippen LogP contribution in [-0.2, 0) is 5.60 Å². The van der Waals surface area contributed by atoms with Crippen LogP contribution < -0.4 is 4.74 Å². The van der Waals surface area contributed by atoms with Gasteiger partial charge in [0, 0.05) is 18.7 Å². The van der Waals surface area contributed by atoms with Crippen LogP contribution in [0.5, 0.6) is 5.75 Å². The number of aliphatic hydroxyl groups is 1. The molecule has 3 nitrogen and oxygen atoms in total. The van der Waals surface area contributed by atoms with Crippen molar-refractivity contribution in [1.29, 1.82) is 0 Å². The molecule has 6 heteroatoms. The van der Waals surface area contributed by atoms with Crippen LogP contribution in [0.25, 0.3) is 0 Å². The van der Waals surface area contributed by atoms with Gasteiger partial charge in [0.15, 0.2) is 0 Å². The number of nitrogens with zero attached hydrogens (tertiary/aromatic N) is 1. The molecule has 1 fully saturated rings. The number of piperidine rings is 1. The number of hydrogen-bond donors (Lipinski definition) is 1. The molecule has 0 amide bonds. The van der Waals surface area contributed by atoms with Crippen molar-refractivity contribution in [3.05, 3.63) is 28.8 Å². The molecular formula is C14H18ClF2NO2. The maximum absolute atomic E-state index is 12.3. The predicted octanol–water partition coefficient (Wildman–Crippen LogP) is 3.24. The molecule has 20 heavy (non-hydrogen) atoms. The second-order valence-electron chi connectivity index (χ2n) is 4.96. The van der Waals surface area contributed by atoms with E-state index >= 15 is 0 Å². The summed E-state index contributed by atoms with van der Waals surface area (Å²) in [6, 6.07) is 4.62. The van der Waals surface area contributed by atoms with Crippen LogP contribution in [0.3, 0.4) is 0 Å². The smallest absolute Gasteiger partial charge is 0.387 e. The molecule has 0 unspecified atom stereocenters. The van der Waals surface area contributed by atoms with Crippen LogP contribution >= 0.6 is 11.6 Å². The molecule has 0 atom stereocenters. The van der Waals surface area contributed by atoms with Crippen molar-refractivity contribution < 1.29 is 18.6 Å². The highest BCUT2D eigenvalue weighted by Crippen LogP contribution is 2.40. The Hall–Kier alpha value is -0.910. The van der Waals surface area contributed by atoms with Crippen molar-refractivity contribution in [2.75, 3.05) is 19.6 Å². The van der Waals surface area contributed by atoms with Crippen LogP contribution in [-0.4, -0.2) is 36.3 Å². The lowest BCUT2D eigenvalue weighted by Gasteiger charge is -2.38. The number of hydrogen-bond acceptors (Lipinski definition) is 3. The highest BCUT2D eigenvalue weighted by Gasteiger charge is 2.36. The molecule has 1 saturated heterocycles. The normalized spacial score (nSPS) is 19.3. The first-order valence-electron chi connectivity index (χ1n) is 6.65. The SMILES string of the molecule is CCN1CCC(O)(c2cccc(OC(F)F)c2Cl)CC1. The lowest BCUT2D eigenvalue weighted by atomic mass is 9.84. The lowest BCUT2D eigenvalue weighted by Crippen LogP contribution is -2.42. The minimum atomic E-state index is -2.93. The fourth-order valence-corrected chi connectivity index (χ4v) is 2.91. The van der Waals surface area contributed by atoms with E-state index < -0.39 is 12.2 Å². The van der Waals surface area contributed by atoms with E-state index in [9.17, 15) is 13.9 Å². The van der Waals surface area contributed by atoms with Gasteiger partial charge in [-0.2, -0.15) is 8.78 Å². The second kappa shape index (κ2) is 6.24. The standard InChI is InChI=1S/C14H18ClF2NO2/c1-2-18-8-6-14(19,7-9-18)10-4-3-5-11(12(10)15)20-13(16)17/h3-5,13,19H,2,6-9H2,1H3. The fourth-order valence-electron chi connectivity index (χ4n) is 2.57. The number of halogens is 3. The third-order valence-corrected chi connectivity index (χ3v) is 4.20. The Labute approximate surface area is 122 Å². The van der Waals surface area contributed by atoms with Gasteiger partial charge in [0.25, 0.3) is 0 Å². The molecule has 1 heterocycles. The van der Waals surface area contributed by atoms with Gasteiger partial charge in [0.05, 0.1) is 10.6 Å². The Kier molecular flexibility index (Phi) is 4.83. The van der Waals surface area contributed by atoms with Gasteiger partial charge in [-0.15, -0.1) is 0 Å². The van der Waals surface area contributed by atoms with Gasteiger partial charge in [-0.3, -0.25) is 0 Å². The highest BCUT2D eigenvalue weighted by molar-refractivity contribution is 6.33. The molecule has 1 N–H and O–H groups in total. The summed E-state index contributed by atoms with van der Waals surface area (Å²) in [5, 5.41) is 10.8. The summed E-state index contributed by atoms with van der Waals surface area (Å²) >= 11 is 6.11. The van der Waals surface area contributed by atoms with Crippen molar-refractivity contribution in [2.24, 2.45) is 0 Å². The number of likely N-dealkylation sites (tertiary alicyclic amines) is 1. The number of benzene rings is 1. The summed E-state index contributed by atoms with van der Waals surface area (Å²) in [6.07, 6.45) is 1.05. The summed E-state index contributed by atoms with van der Waals surface area (Å²) in [5.41, 5.74) is -0.613. The second-order valence-corrected chi connectivity index (χ2v) is 5.34. The minimum absolute atomic E-state index is 0.0697. The van der Waals surface area contributed by atoms with Crippen molar-refractivity contribution >= 4 is 11.6 Å². The van der Waals surface area contributed by atoms with Crippen molar-refractivity contribution in [3.8, 4) is 5.75 Å². The average Bonchev–Trinajstić information content (AvgIpc) is 2.41. The molecule has 0 aromatic heterocycles. The van der Waals surface area contributed by atoms with Gasteiger partial charge in [-0.05, 0) is 25.5 Å². The van der Waals surface area contributed by atoms with Gasteiger partial charge >= 0.3 is 6.61 Å². The summed E-state index contributed by atoms with van der Waals surface area (Å²) in [5.74, 6) is -0.0921. The van der Waals surface area contributed by atoms with Crippen molar-refractivity contribution in [3.63, 3.8) is 0 Å². The van der Waals surface area contributed by atoms with E-state index in [1.165, 1.54) is 6.07 Å². The Bertz CT molecular complexity index is 462. The number of ether oxygens (including phenoxy) is 1. The Balaban J connectivity index is 2.24. The van der Waals surface area contributed by atoms with Gasteiger partial charge < -0.3 is 14.7 Å². The van der Waals surface area contributed by atoms with Crippen LogP contribution in [0.2, 0.25) is 5.02 Å². The van der Waals surface area contributed by atoms with Gasteiger partial charge in [-0.1, -0.05) is 30.7 Å². The van der Waals surface area contributed by atoms with Crippen LogP contribution in [0.4, 0.5) is 8.78 Å². The maximum Gasteiger partial charge on any atom is 0.387 e. The molecule has 112 valence electrons. The first kappa shape index (κ1) is 15.5. The quantitative estimate of drug-likeness (QED) is 0.927. The summed E-state index contributed by atoms with van der Waals surface area (Å²) in [6.45, 7) is 1.57. The Morgan fingerprint density at radius 2 is 2.05 bits per heavy atom. The molecule has 0 aliphatic carbocycles. The fraction of sp³-hybridized carbons (Fsp3) is 0.571. The lowest BCUT2D eigenvalue weighted by molar-refractivity contribution is -0.0510. The highest BCUT2D eigenvalue weighted by atomic mass is 35.5. The van der Waals surface area contributed by atoms with Gasteiger partial charge in [0.2, 0.25) is 0 Å². The molecule has 1 aliphatic rings. The van der Waals surface area contributed by atoms with E-state index in [1.807, 2.05) is 0 Å². The van der Waals surface area contributed by atoms with E-state index in [0.717, 1.165) is 19.6 Å². The van der Waals surface area contributed by atoms with E-state index in [2.05, 4.69) is 16.6 Å². The zero-order chi connectivity index (χ0) is 14.8. The maximum atomic E-state index is 12.3. The van der Waals surface area contributed by atoms with E-state index in [4.69, 9.17) is 11.6 Å². The number of rotatable bonds is 4. The summed E-state index contributed by atoms with van der Waals surface area (Å²) in [7, 11) is 0. The monoisotopic (exact) mass is 305 g/mol. The Morgan fingerprint density at radius 3 is 2.60 bits per heavy atom. The third-order valence-electron chi connectivity index (χ3n) is 3.81. The zero-order valence-electron chi connectivity index (χ0n) is 11.3. The van der Waals surface area contributed by atoms with Gasteiger partial charge in [0.1, 0.15) is 5.75 Å². The molecule has 1 aromatic carbocycles. The van der Waals surface area contributed by atoms with E-state index in [0.29, 0.717) is 18.4 Å². The van der Waals surface area contributed by atoms with E-state index in [-0.39, 0.29) is 10.8 Å². The largest absolute Gasteiger partial charge is 0.433 e. The molecule has 1 aliphatic heterocycles. The first-order chi connectivity index (χ1) is 9.46. The van der Waals surface area contributed by atoms with Crippen LogP contribution in [0.1, 0.15) is 25.3 Å². The minimum Gasteiger partial charge on any atom is -0.433 e. The first-order valence-corrected chi connectivity index (χ1v) is 7.02. The molecule has 0 bridgehead atoms. The van der Waals surface area contributed by atoms with Crippen LogP contribution in [0, 0.1) is 0 Å².